The van der Waals surface area contributed by atoms with Crippen molar-refractivity contribution in [2.75, 3.05) is 19.6 Å². The van der Waals surface area contributed by atoms with Gasteiger partial charge in [-0.1, -0.05) is 52.0 Å². The number of para-hydroxylation sites is 1. The van der Waals surface area contributed by atoms with Crippen molar-refractivity contribution in [3.63, 3.8) is 0 Å². The fourth-order valence-electron chi connectivity index (χ4n) is 2.86. The van der Waals surface area contributed by atoms with Crippen molar-refractivity contribution < 1.29 is 5.11 Å². The highest BCUT2D eigenvalue weighted by Gasteiger charge is 2.17. The fourth-order valence-corrected chi connectivity index (χ4v) is 2.86. The van der Waals surface area contributed by atoms with E-state index in [1.165, 1.54) is 0 Å². The Balaban J connectivity index is 2.11. The van der Waals surface area contributed by atoms with Gasteiger partial charge in [-0.05, 0) is 24.0 Å². The van der Waals surface area contributed by atoms with Gasteiger partial charge in [-0.2, -0.15) is 0 Å². The molecule has 0 spiro atoms. The van der Waals surface area contributed by atoms with Crippen molar-refractivity contribution in [3.05, 3.63) is 42.1 Å². The molecule has 2 rings (SSSR count). The van der Waals surface area contributed by atoms with Crippen LogP contribution >= 0.6 is 0 Å². The number of benzene rings is 1. The molecule has 1 N–H and O–H groups in total. The number of pyridine rings is 1. The summed E-state index contributed by atoms with van der Waals surface area (Å²) >= 11 is 0. The molecule has 0 amide bonds. The van der Waals surface area contributed by atoms with Crippen molar-refractivity contribution >= 4 is 10.9 Å². The Labute approximate surface area is 134 Å². The average molecular weight is 300 g/mol. The molecular weight excluding hydrogens is 272 g/mol. The van der Waals surface area contributed by atoms with Crippen LogP contribution in [-0.2, 0) is 0 Å². The van der Waals surface area contributed by atoms with Crippen LogP contribution < -0.4 is 0 Å². The Morgan fingerprint density at radius 3 is 2.18 bits per heavy atom. The molecule has 2 aromatic rings. The molecule has 120 valence electrons. The van der Waals surface area contributed by atoms with E-state index >= 15 is 0 Å². The summed E-state index contributed by atoms with van der Waals surface area (Å²) in [7, 11) is 0. The van der Waals surface area contributed by atoms with Gasteiger partial charge >= 0.3 is 0 Å². The van der Waals surface area contributed by atoms with Gasteiger partial charge in [0.2, 0.25) is 0 Å². The fraction of sp³-hybridized carbons (Fsp3) is 0.526. The average Bonchev–Trinajstić information content (AvgIpc) is 2.45. The molecule has 22 heavy (non-hydrogen) atoms. The molecule has 0 radical (unpaired) electrons. The first-order valence-electron chi connectivity index (χ1n) is 8.21. The van der Waals surface area contributed by atoms with Crippen LogP contribution in [0.3, 0.4) is 0 Å². The maximum absolute atomic E-state index is 10.6. The van der Waals surface area contributed by atoms with Gasteiger partial charge < -0.3 is 5.11 Å². The van der Waals surface area contributed by atoms with Crippen LogP contribution in [-0.4, -0.2) is 34.6 Å². The molecule has 3 heteroatoms. The summed E-state index contributed by atoms with van der Waals surface area (Å²) in [5, 5.41) is 11.7. The molecular formula is C19H28N2O. The number of rotatable bonds is 7. The molecule has 0 saturated heterocycles. The zero-order valence-electron chi connectivity index (χ0n) is 14.2. The first-order chi connectivity index (χ1) is 10.5. The second kappa shape index (κ2) is 7.70. The monoisotopic (exact) mass is 300 g/mol. The van der Waals surface area contributed by atoms with Crippen molar-refractivity contribution in [1.82, 2.24) is 9.88 Å². The summed E-state index contributed by atoms with van der Waals surface area (Å²) in [4.78, 5) is 6.95. The highest BCUT2D eigenvalue weighted by molar-refractivity contribution is 5.78. The second-order valence-corrected chi connectivity index (χ2v) is 6.95. The van der Waals surface area contributed by atoms with Crippen molar-refractivity contribution in [2.24, 2.45) is 11.8 Å². The predicted octanol–water partition coefficient (Wildman–Crippen LogP) is 3.88. The zero-order chi connectivity index (χ0) is 16.1. The third-order valence-corrected chi connectivity index (χ3v) is 3.64. The van der Waals surface area contributed by atoms with Gasteiger partial charge in [0.15, 0.2) is 0 Å². The molecule has 0 aliphatic carbocycles. The van der Waals surface area contributed by atoms with Gasteiger partial charge in [0.25, 0.3) is 0 Å². The molecule has 0 bridgehead atoms. The number of hydrogen-bond donors (Lipinski definition) is 1. The lowest BCUT2D eigenvalue weighted by Gasteiger charge is -2.28. The van der Waals surface area contributed by atoms with Crippen LogP contribution in [0.2, 0.25) is 0 Å². The Kier molecular flexibility index (Phi) is 5.92. The molecule has 1 aromatic heterocycles. The number of hydrogen-bond acceptors (Lipinski definition) is 3. The van der Waals surface area contributed by atoms with E-state index in [1.54, 1.807) is 0 Å². The van der Waals surface area contributed by atoms with Crippen LogP contribution in [0, 0.1) is 11.8 Å². The lowest BCUT2D eigenvalue weighted by Crippen LogP contribution is -2.35. The third-order valence-electron chi connectivity index (χ3n) is 3.64. The van der Waals surface area contributed by atoms with E-state index in [4.69, 9.17) is 0 Å². The molecule has 0 saturated carbocycles. The molecule has 0 aliphatic rings. The topological polar surface area (TPSA) is 36.4 Å². The van der Waals surface area contributed by atoms with Crippen LogP contribution in [0.25, 0.3) is 10.9 Å². The normalized spacial score (nSPS) is 13.5. The highest BCUT2D eigenvalue weighted by Crippen LogP contribution is 2.18. The van der Waals surface area contributed by atoms with Gasteiger partial charge in [0.05, 0.1) is 11.2 Å². The van der Waals surface area contributed by atoms with Crippen LogP contribution in [0.5, 0.6) is 0 Å². The minimum Gasteiger partial charge on any atom is -0.385 e. The van der Waals surface area contributed by atoms with E-state index in [9.17, 15) is 5.11 Å². The van der Waals surface area contributed by atoms with Crippen molar-refractivity contribution in [1.29, 1.82) is 0 Å². The first kappa shape index (κ1) is 16.9. The largest absolute Gasteiger partial charge is 0.385 e. The third kappa shape index (κ3) is 4.79. The Morgan fingerprint density at radius 1 is 0.909 bits per heavy atom. The van der Waals surface area contributed by atoms with E-state index < -0.39 is 6.10 Å². The van der Waals surface area contributed by atoms with E-state index in [2.05, 4.69) is 37.6 Å². The van der Waals surface area contributed by atoms with Crippen LogP contribution in [0.1, 0.15) is 39.5 Å². The standard InChI is InChI=1S/C19H28N2O/c1-14(2)11-21(12-15(3)4)13-19(22)18-10-9-16-7-5-6-8-17(16)20-18/h5-10,14-15,19,22H,11-13H2,1-4H3. The number of aromatic nitrogens is 1. The minimum atomic E-state index is -0.540. The zero-order valence-corrected chi connectivity index (χ0v) is 14.2. The van der Waals surface area contributed by atoms with Gasteiger partial charge in [-0.15, -0.1) is 0 Å². The number of fused-ring (bicyclic) bond motifs is 1. The summed E-state index contributed by atoms with van der Waals surface area (Å²) in [6.07, 6.45) is -0.540. The Morgan fingerprint density at radius 2 is 1.55 bits per heavy atom. The van der Waals surface area contributed by atoms with Gasteiger partial charge in [0, 0.05) is 25.0 Å². The van der Waals surface area contributed by atoms with E-state index in [0.717, 1.165) is 29.7 Å². The maximum atomic E-state index is 10.6. The first-order valence-corrected chi connectivity index (χ1v) is 8.21. The van der Waals surface area contributed by atoms with Gasteiger partial charge in [0.1, 0.15) is 6.10 Å². The smallest absolute Gasteiger partial charge is 0.109 e. The lowest BCUT2D eigenvalue weighted by atomic mass is 10.1. The molecule has 0 fully saturated rings. The molecule has 1 heterocycles. The lowest BCUT2D eigenvalue weighted by molar-refractivity contribution is 0.0960. The minimum absolute atomic E-state index is 0.540. The summed E-state index contributed by atoms with van der Waals surface area (Å²) in [5.41, 5.74) is 1.70. The van der Waals surface area contributed by atoms with Crippen LogP contribution in [0.15, 0.2) is 36.4 Å². The predicted molar refractivity (Wildman–Crippen MR) is 92.8 cm³/mol. The Bertz CT molecular complexity index is 585. The summed E-state index contributed by atoms with van der Waals surface area (Å²) < 4.78 is 0. The quantitative estimate of drug-likeness (QED) is 0.843. The van der Waals surface area contributed by atoms with Gasteiger partial charge in [-0.25, -0.2) is 0 Å². The maximum Gasteiger partial charge on any atom is 0.109 e. The van der Waals surface area contributed by atoms with Crippen molar-refractivity contribution in [2.45, 2.75) is 33.8 Å². The van der Waals surface area contributed by atoms with E-state index in [-0.39, 0.29) is 0 Å². The van der Waals surface area contributed by atoms with E-state index in [0.29, 0.717) is 18.4 Å². The number of nitrogens with zero attached hydrogens (tertiary/aromatic N) is 2. The van der Waals surface area contributed by atoms with Crippen LogP contribution in [0.4, 0.5) is 0 Å². The molecule has 1 unspecified atom stereocenters. The van der Waals surface area contributed by atoms with Crippen molar-refractivity contribution in [3.8, 4) is 0 Å². The summed E-state index contributed by atoms with van der Waals surface area (Å²) in [6.45, 7) is 11.5. The molecule has 1 aromatic carbocycles. The van der Waals surface area contributed by atoms with E-state index in [1.807, 2.05) is 36.4 Å². The number of aliphatic hydroxyl groups excluding tert-OH is 1. The summed E-state index contributed by atoms with van der Waals surface area (Å²) in [5.74, 6) is 1.19. The summed E-state index contributed by atoms with van der Waals surface area (Å²) in [6, 6.07) is 12.0. The second-order valence-electron chi connectivity index (χ2n) is 6.95. The molecule has 0 aliphatic heterocycles. The molecule has 1 atom stereocenters. The van der Waals surface area contributed by atoms with Gasteiger partial charge in [-0.3, -0.25) is 9.88 Å². The SMILES string of the molecule is CC(C)CN(CC(C)C)CC(O)c1ccc2ccccc2n1. The highest BCUT2D eigenvalue weighted by atomic mass is 16.3. The number of aliphatic hydroxyl groups is 1. The molecule has 3 nitrogen and oxygen atoms in total. The Hall–Kier alpha value is -1.45.